The van der Waals surface area contributed by atoms with Crippen LogP contribution in [-0.4, -0.2) is 21.8 Å². The lowest BCUT2D eigenvalue weighted by molar-refractivity contribution is -0.132. The lowest BCUT2D eigenvalue weighted by atomic mass is 9.95. The molecule has 2 heterocycles. The number of halogens is 1. The lowest BCUT2D eigenvalue weighted by Crippen LogP contribution is -2.29. The Morgan fingerprint density at radius 1 is 0.906 bits per heavy atom. The van der Waals surface area contributed by atoms with E-state index in [4.69, 9.17) is 11.6 Å². The summed E-state index contributed by atoms with van der Waals surface area (Å²) in [5.41, 5.74) is 1.64. The van der Waals surface area contributed by atoms with E-state index in [-0.39, 0.29) is 11.3 Å². The Morgan fingerprint density at radius 3 is 2.41 bits per heavy atom. The van der Waals surface area contributed by atoms with Gasteiger partial charge in [0.2, 0.25) is 0 Å². The molecular weight excluding hydrogens is 424 g/mol. The standard InChI is InChI=1S/C26H17ClN2O3/c27-19-8-3-7-18(15-19)24(30)22-23(17-11-13-28-14-12-17)29(26(32)25(22)31)21-10-4-6-16-5-1-2-9-20(16)21/h1-15,23,30H/b24-22+. The molecule has 0 saturated carbocycles. The molecule has 1 aromatic heterocycles. The number of Topliss-reactive ketones (excluding diaryl/α,β-unsaturated/α-hetero) is 1. The summed E-state index contributed by atoms with van der Waals surface area (Å²) in [5.74, 6) is -1.72. The van der Waals surface area contributed by atoms with Crippen molar-refractivity contribution >= 4 is 45.5 Å². The van der Waals surface area contributed by atoms with E-state index in [2.05, 4.69) is 4.98 Å². The first-order valence-electron chi connectivity index (χ1n) is 10.0. The number of anilines is 1. The molecule has 1 aliphatic rings. The summed E-state index contributed by atoms with van der Waals surface area (Å²) in [6, 6.07) is 22.5. The maximum atomic E-state index is 13.3. The Hall–Kier alpha value is -3.96. The van der Waals surface area contributed by atoms with Crippen LogP contribution in [0.5, 0.6) is 0 Å². The van der Waals surface area contributed by atoms with E-state index in [9.17, 15) is 14.7 Å². The van der Waals surface area contributed by atoms with E-state index >= 15 is 0 Å². The third-order valence-corrected chi connectivity index (χ3v) is 5.83. The molecule has 156 valence electrons. The highest BCUT2D eigenvalue weighted by atomic mass is 35.5. The second-order valence-electron chi connectivity index (χ2n) is 7.46. The van der Waals surface area contributed by atoms with Crippen molar-refractivity contribution in [3.8, 4) is 0 Å². The van der Waals surface area contributed by atoms with Crippen molar-refractivity contribution in [2.24, 2.45) is 0 Å². The van der Waals surface area contributed by atoms with Crippen LogP contribution >= 0.6 is 11.6 Å². The first-order chi connectivity index (χ1) is 15.6. The molecule has 5 rings (SSSR count). The van der Waals surface area contributed by atoms with E-state index < -0.39 is 17.7 Å². The molecule has 4 aromatic rings. The molecule has 1 fully saturated rings. The van der Waals surface area contributed by atoms with Gasteiger partial charge in [-0.1, -0.05) is 60.1 Å². The van der Waals surface area contributed by atoms with Gasteiger partial charge in [-0.05, 0) is 41.3 Å². The van der Waals surface area contributed by atoms with Crippen molar-refractivity contribution in [2.45, 2.75) is 6.04 Å². The van der Waals surface area contributed by atoms with E-state index in [0.29, 0.717) is 21.8 Å². The Morgan fingerprint density at radius 2 is 1.62 bits per heavy atom. The molecular formula is C26H17ClN2O3. The number of pyridine rings is 1. The zero-order chi connectivity index (χ0) is 22.2. The molecule has 6 heteroatoms. The number of ketones is 1. The molecule has 0 spiro atoms. The zero-order valence-electron chi connectivity index (χ0n) is 16.8. The fraction of sp³-hybridized carbons (Fsp3) is 0.0385. The first-order valence-corrected chi connectivity index (χ1v) is 10.4. The number of aliphatic hydroxyl groups excluding tert-OH is 1. The Labute approximate surface area is 189 Å². The second-order valence-corrected chi connectivity index (χ2v) is 7.89. The van der Waals surface area contributed by atoms with Crippen LogP contribution in [0.25, 0.3) is 16.5 Å². The largest absolute Gasteiger partial charge is 0.507 e. The normalized spacial score (nSPS) is 17.8. The number of hydrogen-bond donors (Lipinski definition) is 1. The van der Waals surface area contributed by atoms with Gasteiger partial charge < -0.3 is 5.11 Å². The highest BCUT2D eigenvalue weighted by Gasteiger charge is 2.47. The minimum Gasteiger partial charge on any atom is -0.507 e. The van der Waals surface area contributed by atoms with Crippen molar-refractivity contribution in [3.63, 3.8) is 0 Å². The summed E-state index contributed by atoms with van der Waals surface area (Å²) in [4.78, 5) is 32.1. The van der Waals surface area contributed by atoms with E-state index in [0.717, 1.165) is 10.8 Å². The fourth-order valence-electron chi connectivity index (χ4n) is 4.15. The highest BCUT2D eigenvalue weighted by Crippen LogP contribution is 2.44. The number of fused-ring (bicyclic) bond motifs is 1. The number of benzene rings is 3. The van der Waals surface area contributed by atoms with Crippen LogP contribution in [0.4, 0.5) is 5.69 Å². The lowest BCUT2D eigenvalue weighted by Gasteiger charge is -2.26. The van der Waals surface area contributed by atoms with Gasteiger partial charge in [0.1, 0.15) is 5.76 Å². The molecule has 1 amide bonds. The molecule has 0 aliphatic carbocycles. The highest BCUT2D eigenvalue weighted by molar-refractivity contribution is 6.52. The molecule has 3 aromatic carbocycles. The van der Waals surface area contributed by atoms with Crippen LogP contribution in [0.2, 0.25) is 5.02 Å². The minimum absolute atomic E-state index is 0.0106. The zero-order valence-corrected chi connectivity index (χ0v) is 17.5. The number of carbonyl (C=O) groups excluding carboxylic acids is 2. The topological polar surface area (TPSA) is 70.5 Å². The third-order valence-electron chi connectivity index (χ3n) is 5.59. The molecule has 1 unspecified atom stereocenters. The molecule has 1 N–H and O–H groups in total. The van der Waals surface area contributed by atoms with Crippen LogP contribution in [0, 0.1) is 0 Å². The summed E-state index contributed by atoms with van der Waals surface area (Å²) < 4.78 is 0. The molecule has 1 atom stereocenters. The van der Waals surface area contributed by atoms with Crippen LogP contribution in [-0.2, 0) is 9.59 Å². The Bertz CT molecular complexity index is 1390. The third kappa shape index (κ3) is 3.24. The Balaban J connectivity index is 1.78. The van der Waals surface area contributed by atoms with Gasteiger partial charge in [-0.15, -0.1) is 0 Å². The SMILES string of the molecule is O=C1C(=O)N(c2cccc3ccccc23)C(c2ccncc2)/C1=C(\O)c1cccc(Cl)c1. The second kappa shape index (κ2) is 7.94. The predicted octanol–water partition coefficient (Wildman–Crippen LogP) is 5.51. The monoisotopic (exact) mass is 440 g/mol. The average Bonchev–Trinajstić information content (AvgIpc) is 3.09. The number of nitrogens with zero attached hydrogens (tertiary/aromatic N) is 2. The number of rotatable bonds is 3. The van der Waals surface area contributed by atoms with Gasteiger partial charge in [0.05, 0.1) is 17.3 Å². The Kier molecular flexibility index (Phi) is 4.96. The number of hydrogen-bond acceptors (Lipinski definition) is 4. The molecule has 32 heavy (non-hydrogen) atoms. The summed E-state index contributed by atoms with van der Waals surface area (Å²) in [7, 11) is 0. The summed E-state index contributed by atoms with van der Waals surface area (Å²) in [6.45, 7) is 0. The van der Waals surface area contributed by atoms with Crippen LogP contribution in [0.1, 0.15) is 17.2 Å². The smallest absolute Gasteiger partial charge is 0.300 e. The van der Waals surface area contributed by atoms with Gasteiger partial charge in [-0.3, -0.25) is 19.5 Å². The number of aromatic nitrogens is 1. The van der Waals surface area contributed by atoms with Crippen molar-refractivity contribution in [1.29, 1.82) is 0 Å². The van der Waals surface area contributed by atoms with Gasteiger partial charge in [0, 0.05) is 28.4 Å². The molecule has 0 radical (unpaired) electrons. The van der Waals surface area contributed by atoms with Crippen LogP contribution in [0.3, 0.4) is 0 Å². The quantitative estimate of drug-likeness (QED) is 0.259. The summed E-state index contributed by atoms with van der Waals surface area (Å²) >= 11 is 6.10. The van der Waals surface area contributed by atoms with Crippen molar-refractivity contribution in [2.75, 3.05) is 4.90 Å². The minimum atomic E-state index is -0.817. The summed E-state index contributed by atoms with van der Waals surface area (Å²) in [6.07, 6.45) is 3.19. The first kappa shape index (κ1) is 20.0. The number of aliphatic hydroxyl groups is 1. The van der Waals surface area contributed by atoms with Crippen LogP contribution < -0.4 is 4.90 Å². The fourth-order valence-corrected chi connectivity index (χ4v) is 4.34. The number of amides is 1. The maximum absolute atomic E-state index is 13.3. The maximum Gasteiger partial charge on any atom is 0.300 e. The molecule has 1 aliphatic heterocycles. The molecule has 1 saturated heterocycles. The van der Waals surface area contributed by atoms with E-state index in [1.165, 1.54) is 4.90 Å². The van der Waals surface area contributed by atoms with Gasteiger partial charge in [-0.25, -0.2) is 0 Å². The van der Waals surface area contributed by atoms with Crippen LogP contribution in [0.15, 0.2) is 96.8 Å². The summed E-state index contributed by atoms with van der Waals surface area (Å²) in [5, 5.41) is 13.3. The van der Waals surface area contributed by atoms with Crippen molar-refractivity contribution < 1.29 is 14.7 Å². The van der Waals surface area contributed by atoms with Gasteiger partial charge in [0.25, 0.3) is 11.7 Å². The van der Waals surface area contributed by atoms with E-state index in [1.54, 1.807) is 54.9 Å². The van der Waals surface area contributed by atoms with Gasteiger partial charge >= 0.3 is 0 Å². The van der Waals surface area contributed by atoms with Crippen molar-refractivity contribution in [1.82, 2.24) is 4.98 Å². The average molecular weight is 441 g/mol. The van der Waals surface area contributed by atoms with E-state index in [1.807, 2.05) is 36.4 Å². The van der Waals surface area contributed by atoms with Gasteiger partial charge in [-0.2, -0.15) is 0 Å². The van der Waals surface area contributed by atoms with Crippen molar-refractivity contribution in [3.05, 3.63) is 113 Å². The molecule has 5 nitrogen and oxygen atoms in total. The molecule has 0 bridgehead atoms. The number of carbonyl (C=O) groups is 2. The van der Waals surface area contributed by atoms with Gasteiger partial charge in [0.15, 0.2) is 0 Å². The predicted molar refractivity (Wildman–Crippen MR) is 124 cm³/mol.